The van der Waals surface area contributed by atoms with Crippen LogP contribution >= 0.6 is 0 Å². The number of ether oxygens (including phenoxy) is 2. The molecule has 0 saturated carbocycles. The van der Waals surface area contributed by atoms with Gasteiger partial charge in [-0.15, -0.1) is 0 Å². The lowest BCUT2D eigenvalue weighted by Crippen LogP contribution is -2.03. The molecule has 7 heteroatoms. The van der Waals surface area contributed by atoms with Crippen molar-refractivity contribution in [3.8, 4) is 5.75 Å². The van der Waals surface area contributed by atoms with Crippen molar-refractivity contribution in [1.82, 2.24) is 0 Å². The molecule has 108 valence electrons. The van der Waals surface area contributed by atoms with Crippen LogP contribution in [0, 0.1) is 10.8 Å². The fraction of sp³-hybridized carbons (Fsp3) is 0.0714. The molecular formula is C14H12N2O5. The summed E-state index contributed by atoms with van der Waals surface area (Å²) in [6.07, 6.45) is 0.684. The molecule has 2 aromatic rings. The van der Waals surface area contributed by atoms with Crippen LogP contribution in [0.1, 0.15) is 21.9 Å². The topological polar surface area (TPSA) is 117 Å². The molecular weight excluding hydrogens is 276 g/mol. The molecule has 0 unspecified atom stereocenters. The van der Waals surface area contributed by atoms with Crippen molar-refractivity contribution in [2.24, 2.45) is 0 Å². The molecule has 1 aromatic heterocycles. The maximum atomic E-state index is 10.7. The molecule has 0 aliphatic heterocycles. The number of furan rings is 1. The molecule has 0 spiro atoms. The smallest absolute Gasteiger partial charge is 0.371 e. The van der Waals surface area contributed by atoms with Gasteiger partial charge in [-0.2, -0.15) is 0 Å². The van der Waals surface area contributed by atoms with Gasteiger partial charge >= 0.3 is 5.97 Å². The van der Waals surface area contributed by atoms with Crippen molar-refractivity contribution < 1.29 is 23.8 Å². The summed E-state index contributed by atoms with van der Waals surface area (Å²) in [5.41, 5.74) is 0.511. The Hall–Kier alpha value is -3.09. The average Bonchev–Trinajstić information content (AvgIpc) is 2.95. The van der Waals surface area contributed by atoms with Crippen LogP contribution in [-0.2, 0) is 11.3 Å². The molecule has 1 heterocycles. The van der Waals surface area contributed by atoms with Gasteiger partial charge in [-0.3, -0.25) is 10.8 Å². The van der Waals surface area contributed by atoms with E-state index in [1.54, 1.807) is 24.3 Å². The molecule has 0 aliphatic carbocycles. The van der Waals surface area contributed by atoms with Crippen molar-refractivity contribution in [1.29, 1.82) is 10.8 Å². The molecule has 0 amide bonds. The number of hydrogen-bond donors (Lipinski definition) is 3. The summed E-state index contributed by atoms with van der Waals surface area (Å²) in [6.45, 7) is 0.0983. The zero-order chi connectivity index (χ0) is 15.2. The number of hydrogen-bond acceptors (Lipinski definition) is 6. The first-order valence-electron chi connectivity index (χ1n) is 5.89. The summed E-state index contributed by atoms with van der Waals surface area (Å²) in [4.78, 5) is 10.7. The van der Waals surface area contributed by atoms with E-state index in [1.165, 1.54) is 12.1 Å². The second-order valence-corrected chi connectivity index (χ2v) is 3.95. The fourth-order valence-electron chi connectivity index (χ4n) is 1.55. The van der Waals surface area contributed by atoms with E-state index < -0.39 is 5.97 Å². The van der Waals surface area contributed by atoms with E-state index in [-0.39, 0.29) is 18.3 Å². The van der Waals surface area contributed by atoms with E-state index in [0.29, 0.717) is 23.5 Å². The summed E-state index contributed by atoms with van der Waals surface area (Å²) in [5.74, 6) is -0.462. The molecule has 0 atom stereocenters. The highest BCUT2D eigenvalue weighted by Gasteiger charge is 2.09. The predicted molar refractivity (Wildman–Crippen MR) is 73.1 cm³/mol. The van der Waals surface area contributed by atoms with Gasteiger partial charge in [0, 0.05) is 5.56 Å². The van der Waals surface area contributed by atoms with Gasteiger partial charge in [0.15, 0.2) is 6.40 Å². The maximum Gasteiger partial charge on any atom is 0.371 e. The second kappa shape index (κ2) is 6.38. The highest BCUT2D eigenvalue weighted by Crippen LogP contribution is 2.16. The lowest BCUT2D eigenvalue weighted by atomic mass is 10.2. The van der Waals surface area contributed by atoms with E-state index in [9.17, 15) is 4.79 Å². The third kappa shape index (κ3) is 3.69. The van der Waals surface area contributed by atoms with Crippen LogP contribution in [0.25, 0.3) is 0 Å². The van der Waals surface area contributed by atoms with Crippen molar-refractivity contribution in [2.45, 2.75) is 6.61 Å². The number of carboxylic acids is 1. The highest BCUT2D eigenvalue weighted by molar-refractivity contribution is 5.95. The Balaban J connectivity index is 1.95. The van der Waals surface area contributed by atoms with Crippen LogP contribution in [0.2, 0.25) is 0 Å². The number of nitrogens with one attached hydrogen (secondary N) is 2. The van der Waals surface area contributed by atoms with E-state index in [2.05, 4.69) is 4.74 Å². The Morgan fingerprint density at radius 1 is 1.24 bits per heavy atom. The van der Waals surface area contributed by atoms with Crippen molar-refractivity contribution in [3.05, 3.63) is 53.5 Å². The highest BCUT2D eigenvalue weighted by atomic mass is 16.5. The summed E-state index contributed by atoms with van der Waals surface area (Å²) < 4.78 is 15.1. The number of aromatic carboxylic acids is 1. The molecule has 0 aliphatic rings. The Bertz CT molecular complexity index is 660. The number of carbonyl (C=O) groups is 1. The predicted octanol–water partition coefficient (Wildman–Crippen LogP) is 2.51. The molecule has 3 N–H and O–H groups in total. The molecule has 0 saturated heterocycles. The van der Waals surface area contributed by atoms with E-state index in [4.69, 9.17) is 25.1 Å². The normalized spacial score (nSPS) is 9.90. The first-order chi connectivity index (χ1) is 10.1. The first kappa shape index (κ1) is 14.3. The Labute approximate surface area is 119 Å². The van der Waals surface area contributed by atoms with Crippen LogP contribution in [-0.4, -0.2) is 23.4 Å². The van der Waals surface area contributed by atoms with Crippen LogP contribution in [0.4, 0.5) is 0 Å². The van der Waals surface area contributed by atoms with Crippen LogP contribution in [0.5, 0.6) is 5.75 Å². The molecule has 21 heavy (non-hydrogen) atoms. The minimum atomic E-state index is -1.13. The van der Waals surface area contributed by atoms with Gasteiger partial charge in [-0.05, 0) is 36.4 Å². The van der Waals surface area contributed by atoms with E-state index >= 15 is 0 Å². The third-order valence-electron chi connectivity index (χ3n) is 2.55. The SMILES string of the molecule is N=COC(=N)c1ccc(OCc2ccc(C(=O)O)o2)cc1. The number of rotatable bonds is 6. The molecule has 0 fully saturated rings. The lowest BCUT2D eigenvalue weighted by Gasteiger charge is -2.06. The van der Waals surface area contributed by atoms with Crippen LogP contribution in [0.15, 0.2) is 40.8 Å². The largest absolute Gasteiger partial charge is 0.486 e. The zero-order valence-electron chi connectivity index (χ0n) is 10.8. The van der Waals surface area contributed by atoms with Gasteiger partial charge in [0.05, 0.1) is 0 Å². The molecule has 2 rings (SSSR count). The van der Waals surface area contributed by atoms with E-state index in [1.807, 2.05) is 0 Å². The Morgan fingerprint density at radius 3 is 2.52 bits per heavy atom. The number of carboxylic acid groups (broad SMARTS) is 1. The molecule has 1 aromatic carbocycles. The van der Waals surface area contributed by atoms with Gasteiger partial charge in [0.1, 0.15) is 18.1 Å². The van der Waals surface area contributed by atoms with Crippen molar-refractivity contribution >= 4 is 18.3 Å². The van der Waals surface area contributed by atoms with E-state index in [0.717, 1.165) is 0 Å². The molecule has 0 radical (unpaired) electrons. The summed E-state index contributed by atoms with van der Waals surface area (Å²) >= 11 is 0. The van der Waals surface area contributed by atoms with Gasteiger partial charge in [0.25, 0.3) is 0 Å². The van der Waals surface area contributed by atoms with Crippen molar-refractivity contribution in [3.63, 3.8) is 0 Å². The van der Waals surface area contributed by atoms with Crippen LogP contribution in [0.3, 0.4) is 0 Å². The van der Waals surface area contributed by atoms with Crippen molar-refractivity contribution in [2.75, 3.05) is 0 Å². The monoisotopic (exact) mass is 288 g/mol. The standard InChI is InChI=1S/C14H12N2O5/c15-8-20-13(16)9-1-3-10(4-2-9)19-7-11-5-6-12(21-11)14(17)18/h1-6,8,15-16H,7H2,(H,17,18). The lowest BCUT2D eigenvalue weighted by molar-refractivity contribution is 0.0658. The average molecular weight is 288 g/mol. The van der Waals surface area contributed by atoms with Gasteiger partial charge < -0.3 is 19.0 Å². The summed E-state index contributed by atoms with van der Waals surface area (Å²) in [5, 5.41) is 23.0. The summed E-state index contributed by atoms with van der Waals surface area (Å²) in [6, 6.07) is 9.40. The quantitative estimate of drug-likeness (QED) is 0.557. The number of benzene rings is 1. The fourth-order valence-corrected chi connectivity index (χ4v) is 1.55. The zero-order valence-corrected chi connectivity index (χ0v) is 10.8. The molecule has 0 bridgehead atoms. The third-order valence-corrected chi connectivity index (χ3v) is 2.55. The Kier molecular flexibility index (Phi) is 4.35. The summed E-state index contributed by atoms with van der Waals surface area (Å²) in [7, 11) is 0. The van der Waals surface area contributed by atoms with Gasteiger partial charge in [0.2, 0.25) is 11.7 Å². The Morgan fingerprint density at radius 2 is 1.95 bits per heavy atom. The minimum Gasteiger partial charge on any atom is -0.486 e. The second-order valence-electron chi connectivity index (χ2n) is 3.95. The van der Waals surface area contributed by atoms with Gasteiger partial charge in [-0.25, -0.2) is 4.79 Å². The van der Waals surface area contributed by atoms with Crippen LogP contribution < -0.4 is 4.74 Å². The minimum absolute atomic E-state index is 0.0983. The van der Waals surface area contributed by atoms with Gasteiger partial charge in [-0.1, -0.05) is 0 Å². The first-order valence-corrected chi connectivity index (χ1v) is 5.89. The maximum absolute atomic E-state index is 10.7. The molecule has 7 nitrogen and oxygen atoms in total.